The number of aliphatic carboxylic acids is 1. The Labute approximate surface area is 45.7 Å². The topological polar surface area (TPSA) is 77.4 Å². The molecule has 0 aliphatic heterocycles. The minimum atomic E-state index is -1.65. The maximum atomic E-state index is 9.57. The quantitative estimate of drug-likeness (QED) is 0.421. The van der Waals surface area contributed by atoms with Crippen molar-refractivity contribution >= 4 is 12.3 Å². The van der Waals surface area contributed by atoms with Gasteiger partial charge in [-0.1, -0.05) is 0 Å². The maximum absolute atomic E-state index is 9.57. The van der Waals surface area contributed by atoms with Gasteiger partial charge in [-0.25, -0.2) is 0 Å². The normalized spacial score (nSPS) is 12.6. The molecule has 4 nitrogen and oxygen atoms in total. The summed E-state index contributed by atoms with van der Waals surface area (Å²) in [5.74, 6) is -1.61. The first kappa shape index (κ1) is 7.10. The lowest BCUT2D eigenvalue weighted by atomic mass is 10.3. The number of aldehydes is 1. The van der Waals surface area contributed by atoms with Gasteiger partial charge in [0.25, 0.3) is 0 Å². The van der Waals surface area contributed by atoms with Crippen LogP contribution in [0.5, 0.6) is 0 Å². The highest BCUT2D eigenvalue weighted by Crippen LogP contribution is 1.82. The fourth-order valence-corrected chi connectivity index (χ4v) is 0.187. The lowest BCUT2D eigenvalue weighted by Gasteiger charge is -2.04. The van der Waals surface area contributed by atoms with E-state index in [0.717, 1.165) is 0 Å². The van der Waals surface area contributed by atoms with Crippen molar-refractivity contribution in [3.05, 3.63) is 0 Å². The smallest absolute Gasteiger partial charge is 0.122 e. The summed E-state index contributed by atoms with van der Waals surface area (Å²) in [5, 5.41) is 17.8. The van der Waals surface area contributed by atoms with Crippen molar-refractivity contribution in [3.63, 3.8) is 0 Å². The number of carboxylic acid groups (broad SMARTS) is 1. The van der Waals surface area contributed by atoms with Gasteiger partial charge in [0.05, 0.1) is 12.1 Å². The molecule has 0 radical (unpaired) electrons. The Kier molecular flexibility index (Phi) is 2.79. The van der Waals surface area contributed by atoms with Gasteiger partial charge in [-0.05, 0) is 0 Å². The van der Waals surface area contributed by atoms with E-state index in [-0.39, 0.29) is 0 Å². The van der Waals surface area contributed by atoms with Gasteiger partial charge in [0.2, 0.25) is 0 Å². The summed E-state index contributed by atoms with van der Waals surface area (Å²) in [7, 11) is 0. The van der Waals surface area contributed by atoms with Crippen LogP contribution >= 0.6 is 0 Å². The Morgan fingerprint density at radius 2 is 2.38 bits per heavy atom. The second-order valence-corrected chi connectivity index (χ2v) is 1.24. The van der Waals surface area contributed by atoms with Gasteiger partial charge in [0, 0.05) is 6.42 Å². The number of carbonyl (C=O) groups is 2. The highest BCUT2D eigenvalue weighted by molar-refractivity contribution is 5.73. The fraction of sp³-hybridized carbons (Fsp3) is 0.500. The molecule has 0 aromatic carbocycles. The summed E-state index contributed by atoms with van der Waals surface area (Å²) in [6, 6.07) is 0. The molecule has 4 heteroatoms. The van der Waals surface area contributed by atoms with Crippen LogP contribution in [0.1, 0.15) is 6.42 Å². The zero-order valence-corrected chi connectivity index (χ0v) is 4.03. The molecule has 1 atom stereocenters. The third-order valence-corrected chi connectivity index (χ3v) is 0.592. The molecule has 0 saturated carbocycles. The van der Waals surface area contributed by atoms with Crippen LogP contribution in [-0.4, -0.2) is 23.5 Å². The van der Waals surface area contributed by atoms with E-state index in [2.05, 4.69) is 0 Å². The van der Waals surface area contributed by atoms with Crippen molar-refractivity contribution in [1.29, 1.82) is 0 Å². The van der Waals surface area contributed by atoms with E-state index in [1.54, 1.807) is 0 Å². The van der Waals surface area contributed by atoms with Crippen LogP contribution < -0.4 is 5.11 Å². The summed E-state index contributed by atoms with van der Waals surface area (Å²) in [6.45, 7) is 0. The van der Waals surface area contributed by atoms with Gasteiger partial charge in [0.15, 0.2) is 0 Å². The molecule has 0 bridgehead atoms. The second-order valence-electron chi connectivity index (χ2n) is 1.24. The minimum absolute atomic E-state index is 0.320. The number of carboxylic acids is 1. The fourth-order valence-electron chi connectivity index (χ4n) is 0.187. The number of rotatable bonds is 3. The van der Waals surface area contributed by atoms with E-state index in [0.29, 0.717) is 6.29 Å². The van der Waals surface area contributed by atoms with E-state index >= 15 is 0 Å². The molecule has 1 unspecified atom stereocenters. The van der Waals surface area contributed by atoms with Crippen LogP contribution in [0.2, 0.25) is 0 Å². The average molecular weight is 117 g/mol. The number of aliphatic hydroxyl groups is 1. The van der Waals surface area contributed by atoms with Gasteiger partial charge in [-0.3, -0.25) is 0 Å². The Balaban J connectivity index is 3.46. The van der Waals surface area contributed by atoms with Gasteiger partial charge in [-0.2, -0.15) is 0 Å². The second kappa shape index (κ2) is 3.15. The Bertz CT molecular complexity index is 98.2. The van der Waals surface area contributed by atoms with Crippen molar-refractivity contribution < 1.29 is 19.8 Å². The molecular formula is C4H5O4-. The Morgan fingerprint density at radius 1 is 1.88 bits per heavy atom. The zero-order valence-electron chi connectivity index (χ0n) is 4.03. The largest absolute Gasteiger partial charge is 0.547 e. The van der Waals surface area contributed by atoms with Crippen LogP contribution in [0.15, 0.2) is 0 Å². The van der Waals surface area contributed by atoms with Crippen molar-refractivity contribution in [1.82, 2.24) is 0 Å². The molecule has 8 heavy (non-hydrogen) atoms. The molecule has 1 N–H and O–H groups in total. The van der Waals surface area contributed by atoms with Gasteiger partial charge >= 0.3 is 0 Å². The van der Waals surface area contributed by atoms with Crippen molar-refractivity contribution in [2.45, 2.75) is 12.5 Å². The lowest BCUT2D eigenvalue weighted by molar-refractivity contribution is -0.314. The highest BCUT2D eigenvalue weighted by Gasteiger charge is 2.00. The van der Waals surface area contributed by atoms with E-state index < -0.39 is 18.5 Å². The molecule has 0 aromatic rings. The monoisotopic (exact) mass is 117 g/mol. The molecule has 0 rings (SSSR count). The summed E-state index contributed by atoms with van der Waals surface area (Å²) in [5.41, 5.74) is 0. The third-order valence-electron chi connectivity index (χ3n) is 0.592. The van der Waals surface area contributed by atoms with Gasteiger partial charge in [-0.15, -0.1) is 0 Å². The Hall–Kier alpha value is -0.900. The summed E-state index contributed by atoms with van der Waals surface area (Å²) in [4.78, 5) is 19.0. The van der Waals surface area contributed by atoms with Gasteiger partial charge in [0.1, 0.15) is 6.29 Å². The molecule has 0 aromatic heterocycles. The van der Waals surface area contributed by atoms with E-state index in [9.17, 15) is 14.7 Å². The molecule has 0 aliphatic rings. The van der Waals surface area contributed by atoms with Crippen LogP contribution in [-0.2, 0) is 9.59 Å². The van der Waals surface area contributed by atoms with E-state index in [4.69, 9.17) is 5.11 Å². The highest BCUT2D eigenvalue weighted by atomic mass is 16.4. The minimum Gasteiger partial charge on any atom is -0.547 e. The van der Waals surface area contributed by atoms with Gasteiger partial charge < -0.3 is 19.8 Å². The third kappa shape index (κ3) is 2.30. The number of aliphatic hydroxyl groups excluding tert-OH is 1. The Morgan fingerprint density at radius 3 is 2.50 bits per heavy atom. The predicted molar refractivity (Wildman–Crippen MR) is 21.7 cm³/mol. The molecule has 0 heterocycles. The van der Waals surface area contributed by atoms with Crippen molar-refractivity contribution in [2.75, 3.05) is 0 Å². The SMILES string of the molecule is O=CCC(O)C(=O)[O-]. The van der Waals surface area contributed by atoms with Crippen LogP contribution in [0.25, 0.3) is 0 Å². The predicted octanol–water partition coefficient (Wildman–Crippen LogP) is -2.31. The average Bonchev–Trinajstić information content (AvgIpc) is 1.67. The zero-order chi connectivity index (χ0) is 6.57. The lowest BCUT2D eigenvalue weighted by Crippen LogP contribution is -2.35. The van der Waals surface area contributed by atoms with E-state index in [1.807, 2.05) is 0 Å². The molecule has 0 amide bonds. The van der Waals surface area contributed by atoms with Crippen molar-refractivity contribution in [2.24, 2.45) is 0 Å². The number of hydrogen-bond acceptors (Lipinski definition) is 4. The first-order valence-corrected chi connectivity index (χ1v) is 2.01. The summed E-state index contributed by atoms with van der Waals surface area (Å²) < 4.78 is 0. The van der Waals surface area contributed by atoms with Crippen LogP contribution in [0.4, 0.5) is 0 Å². The van der Waals surface area contributed by atoms with E-state index in [1.165, 1.54) is 0 Å². The number of hydrogen-bond donors (Lipinski definition) is 1. The van der Waals surface area contributed by atoms with Crippen LogP contribution in [0.3, 0.4) is 0 Å². The molecule has 46 valence electrons. The summed E-state index contributed by atoms with van der Waals surface area (Å²) in [6.07, 6.45) is -1.73. The van der Waals surface area contributed by atoms with Crippen LogP contribution in [0, 0.1) is 0 Å². The maximum Gasteiger partial charge on any atom is 0.122 e. The summed E-state index contributed by atoms with van der Waals surface area (Å²) >= 11 is 0. The molecule has 0 saturated heterocycles. The first-order chi connectivity index (χ1) is 3.68. The standard InChI is InChI=1S/C4H6O4/c5-2-1-3(6)4(7)8/h2-3,6H,1H2,(H,7,8)/p-1. The molecular weight excluding hydrogens is 112 g/mol. The first-order valence-electron chi connectivity index (χ1n) is 2.01. The molecule has 0 spiro atoms. The molecule has 0 aliphatic carbocycles. The molecule has 0 fully saturated rings. The van der Waals surface area contributed by atoms with Crippen molar-refractivity contribution in [3.8, 4) is 0 Å². The number of carbonyl (C=O) groups excluding carboxylic acids is 2.